The van der Waals surface area contributed by atoms with E-state index in [0.717, 1.165) is 25.7 Å². The molecule has 1 fully saturated rings. The molecule has 1 aromatic rings. The SMILES string of the molecule is Cl.N#Cc1c(F)ccc([C@H](N)C2CCCC2)c1O. The number of hydrogen-bond donors (Lipinski definition) is 2. The molecule has 98 valence electrons. The summed E-state index contributed by atoms with van der Waals surface area (Å²) in [5.41, 5.74) is 6.25. The van der Waals surface area contributed by atoms with Gasteiger partial charge in [0.25, 0.3) is 0 Å². The van der Waals surface area contributed by atoms with Gasteiger partial charge < -0.3 is 10.8 Å². The Kier molecular flexibility index (Phi) is 4.94. The molecule has 5 heteroatoms. The summed E-state index contributed by atoms with van der Waals surface area (Å²) in [6.45, 7) is 0. The summed E-state index contributed by atoms with van der Waals surface area (Å²) in [7, 11) is 0. The fraction of sp³-hybridized carbons (Fsp3) is 0.462. The zero-order valence-electron chi connectivity index (χ0n) is 9.90. The van der Waals surface area contributed by atoms with Crippen LogP contribution in [-0.4, -0.2) is 5.11 Å². The second-order valence-electron chi connectivity index (χ2n) is 4.54. The average Bonchev–Trinajstić information content (AvgIpc) is 2.82. The highest BCUT2D eigenvalue weighted by Crippen LogP contribution is 2.38. The first-order chi connectivity index (χ1) is 8.15. The first-order valence-electron chi connectivity index (χ1n) is 5.82. The fourth-order valence-electron chi connectivity index (χ4n) is 2.53. The zero-order valence-corrected chi connectivity index (χ0v) is 10.7. The number of nitriles is 1. The molecule has 0 aliphatic heterocycles. The van der Waals surface area contributed by atoms with Crippen molar-refractivity contribution in [2.24, 2.45) is 11.7 Å². The largest absolute Gasteiger partial charge is 0.506 e. The van der Waals surface area contributed by atoms with Gasteiger partial charge in [0.05, 0.1) is 0 Å². The van der Waals surface area contributed by atoms with Crippen LogP contribution in [0.5, 0.6) is 5.75 Å². The molecule has 3 N–H and O–H groups in total. The van der Waals surface area contributed by atoms with E-state index in [0.29, 0.717) is 11.5 Å². The quantitative estimate of drug-likeness (QED) is 0.868. The molecule has 0 amide bonds. The highest BCUT2D eigenvalue weighted by molar-refractivity contribution is 5.85. The molecule has 0 saturated heterocycles. The van der Waals surface area contributed by atoms with E-state index in [-0.39, 0.29) is 29.8 Å². The van der Waals surface area contributed by atoms with Crippen LogP contribution in [0.15, 0.2) is 12.1 Å². The lowest BCUT2D eigenvalue weighted by Gasteiger charge is -2.20. The molecular formula is C13H16ClFN2O. The number of benzene rings is 1. The second kappa shape index (κ2) is 6.03. The van der Waals surface area contributed by atoms with Gasteiger partial charge in [0.15, 0.2) is 0 Å². The Labute approximate surface area is 112 Å². The molecule has 1 saturated carbocycles. The Balaban J connectivity index is 0.00000162. The molecule has 1 atom stereocenters. The molecule has 0 heterocycles. The van der Waals surface area contributed by atoms with Crippen LogP contribution in [0.1, 0.15) is 42.9 Å². The summed E-state index contributed by atoms with van der Waals surface area (Å²) in [6, 6.07) is 4.03. The smallest absolute Gasteiger partial charge is 0.144 e. The Morgan fingerprint density at radius 1 is 1.39 bits per heavy atom. The Morgan fingerprint density at radius 2 is 2.00 bits per heavy atom. The number of nitrogens with two attached hydrogens (primary N) is 1. The van der Waals surface area contributed by atoms with Gasteiger partial charge in [0.2, 0.25) is 0 Å². The van der Waals surface area contributed by atoms with Crippen molar-refractivity contribution in [1.29, 1.82) is 5.26 Å². The number of halogens is 2. The summed E-state index contributed by atoms with van der Waals surface area (Å²) < 4.78 is 13.2. The zero-order chi connectivity index (χ0) is 12.4. The third kappa shape index (κ3) is 2.58. The van der Waals surface area contributed by atoms with Crippen LogP contribution in [0, 0.1) is 23.1 Å². The van der Waals surface area contributed by atoms with Crippen molar-refractivity contribution in [2.75, 3.05) is 0 Å². The normalized spacial score (nSPS) is 16.9. The van der Waals surface area contributed by atoms with Gasteiger partial charge >= 0.3 is 0 Å². The summed E-state index contributed by atoms with van der Waals surface area (Å²) in [5.74, 6) is -0.683. The van der Waals surface area contributed by atoms with Crippen molar-refractivity contribution in [3.8, 4) is 11.8 Å². The number of rotatable bonds is 2. The van der Waals surface area contributed by atoms with E-state index in [4.69, 9.17) is 11.0 Å². The molecule has 1 aliphatic carbocycles. The van der Waals surface area contributed by atoms with Crippen molar-refractivity contribution >= 4 is 12.4 Å². The Morgan fingerprint density at radius 3 is 2.56 bits per heavy atom. The first-order valence-corrected chi connectivity index (χ1v) is 5.82. The van der Waals surface area contributed by atoms with Gasteiger partial charge in [-0.05, 0) is 24.8 Å². The summed E-state index contributed by atoms with van der Waals surface area (Å²) in [4.78, 5) is 0. The van der Waals surface area contributed by atoms with Crippen molar-refractivity contribution in [1.82, 2.24) is 0 Å². The predicted octanol–water partition coefficient (Wildman–Crippen LogP) is 3.01. The maximum atomic E-state index is 13.2. The summed E-state index contributed by atoms with van der Waals surface area (Å²) >= 11 is 0. The molecule has 2 rings (SSSR count). The summed E-state index contributed by atoms with van der Waals surface area (Å²) in [5, 5.41) is 18.6. The van der Waals surface area contributed by atoms with Gasteiger partial charge in [-0.25, -0.2) is 4.39 Å². The second-order valence-corrected chi connectivity index (χ2v) is 4.54. The van der Waals surface area contributed by atoms with Crippen molar-refractivity contribution in [3.63, 3.8) is 0 Å². The van der Waals surface area contributed by atoms with E-state index in [1.165, 1.54) is 12.1 Å². The van der Waals surface area contributed by atoms with Crippen LogP contribution in [0.3, 0.4) is 0 Å². The van der Waals surface area contributed by atoms with Crippen molar-refractivity contribution in [2.45, 2.75) is 31.7 Å². The Bertz CT molecular complexity index is 467. The number of phenols is 1. The van der Waals surface area contributed by atoms with Crippen molar-refractivity contribution < 1.29 is 9.50 Å². The molecule has 0 unspecified atom stereocenters. The van der Waals surface area contributed by atoms with Gasteiger partial charge in [-0.1, -0.05) is 18.9 Å². The number of hydrogen-bond acceptors (Lipinski definition) is 3. The van der Waals surface area contributed by atoms with E-state index in [1.807, 2.05) is 0 Å². The van der Waals surface area contributed by atoms with E-state index < -0.39 is 5.82 Å². The minimum atomic E-state index is -0.702. The van der Waals surface area contributed by atoms with E-state index in [2.05, 4.69) is 0 Å². The number of aromatic hydroxyl groups is 1. The van der Waals surface area contributed by atoms with Crippen LogP contribution in [0.25, 0.3) is 0 Å². The predicted molar refractivity (Wildman–Crippen MR) is 68.9 cm³/mol. The summed E-state index contributed by atoms with van der Waals surface area (Å²) in [6.07, 6.45) is 4.34. The molecule has 0 radical (unpaired) electrons. The van der Waals surface area contributed by atoms with Crippen LogP contribution < -0.4 is 5.73 Å². The topological polar surface area (TPSA) is 70.0 Å². The third-order valence-electron chi connectivity index (χ3n) is 3.54. The maximum Gasteiger partial charge on any atom is 0.144 e. The minimum Gasteiger partial charge on any atom is -0.506 e. The van der Waals surface area contributed by atoms with Gasteiger partial charge in [0.1, 0.15) is 23.2 Å². The Hall–Kier alpha value is -1.31. The lowest BCUT2D eigenvalue weighted by Crippen LogP contribution is -2.19. The fourth-order valence-corrected chi connectivity index (χ4v) is 2.53. The first kappa shape index (κ1) is 14.7. The standard InChI is InChI=1S/C13H15FN2O.ClH/c14-11-6-5-9(13(17)10(11)7-15)12(16)8-3-1-2-4-8;/h5-6,8,12,17H,1-4,16H2;1H/t12-;/m1./s1. The molecule has 0 spiro atoms. The van der Waals surface area contributed by atoms with Crippen LogP contribution in [0.2, 0.25) is 0 Å². The van der Waals surface area contributed by atoms with Crippen molar-refractivity contribution in [3.05, 3.63) is 29.1 Å². The maximum absolute atomic E-state index is 13.2. The highest BCUT2D eigenvalue weighted by Gasteiger charge is 2.26. The van der Waals surface area contributed by atoms with Crippen LogP contribution in [-0.2, 0) is 0 Å². The number of nitrogens with zero attached hydrogens (tertiary/aromatic N) is 1. The third-order valence-corrected chi connectivity index (χ3v) is 3.54. The molecule has 3 nitrogen and oxygen atoms in total. The molecule has 0 aromatic heterocycles. The molecular weight excluding hydrogens is 255 g/mol. The molecule has 1 aliphatic rings. The average molecular weight is 271 g/mol. The van der Waals surface area contributed by atoms with Gasteiger partial charge in [0, 0.05) is 11.6 Å². The van der Waals surface area contributed by atoms with E-state index >= 15 is 0 Å². The number of phenolic OH excluding ortho intramolecular Hbond substituents is 1. The van der Waals surface area contributed by atoms with E-state index in [1.54, 1.807) is 6.07 Å². The molecule has 1 aromatic carbocycles. The monoisotopic (exact) mass is 270 g/mol. The van der Waals surface area contributed by atoms with Crippen LogP contribution >= 0.6 is 12.4 Å². The van der Waals surface area contributed by atoms with Gasteiger partial charge in [-0.2, -0.15) is 5.26 Å². The highest BCUT2D eigenvalue weighted by atomic mass is 35.5. The van der Waals surface area contributed by atoms with E-state index in [9.17, 15) is 9.50 Å². The molecule has 18 heavy (non-hydrogen) atoms. The lowest BCUT2D eigenvalue weighted by molar-refractivity contribution is 0.408. The van der Waals surface area contributed by atoms with Crippen LogP contribution in [0.4, 0.5) is 4.39 Å². The lowest BCUT2D eigenvalue weighted by atomic mass is 9.91. The van der Waals surface area contributed by atoms with Gasteiger partial charge in [-0.15, -0.1) is 12.4 Å². The van der Waals surface area contributed by atoms with Gasteiger partial charge in [-0.3, -0.25) is 0 Å². The minimum absolute atomic E-state index is 0. The molecule has 0 bridgehead atoms.